The van der Waals surface area contributed by atoms with Crippen molar-refractivity contribution >= 4 is 17.8 Å². The van der Waals surface area contributed by atoms with Crippen molar-refractivity contribution in [3.05, 3.63) is 23.8 Å². The maximum atomic E-state index is 10.4. The van der Waals surface area contributed by atoms with Crippen molar-refractivity contribution in [1.82, 2.24) is 0 Å². The molecule has 1 unspecified atom stereocenters. The van der Waals surface area contributed by atoms with Crippen LogP contribution >= 0.6 is 0 Å². The van der Waals surface area contributed by atoms with Crippen LogP contribution in [0.1, 0.15) is 5.56 Å². The molecule has 0 radical (unpaired) electrons. The van der Waals surface area contributed by atoms with Crippen molar-refractivity contribution in [2.24, 2.45) is 0 Å². The fraction of sp³-hybridized carbons (Fsp3) is 0.364. The predicted octanol–water partition coefficient (Wildman–Crippen LogP) is 1.24. The number of anilines is 2. The summed E-state index contributed by atoms with van der Waals surface area (Å²) >= 11 is 0. The van der Waals surface area contributed by atoms with Crippen molar-refractivity contribution in [2.45, 2.75) is 12.5 Å². The fourth-order valence-electron chi connectivity index (χ4n) is 1.86. The molecule has 4 heteroatoms. The van der Waals surface area contributed by atoms with Crippen LogP contribution in [-0.4, -0.2) is 26.2 Å². The highest BCUT2D eigenvalue weighted by atomic mass is 16.5. The van der Waals surface area contributed by atoms with Gasteiger partial charge in [-0.2, -0.15) is 0 Å². The van der Waals surface area contributed by atoms with Gasteiger partial charge in [-0.1, -0.05) is 6.07 Å². The molecule has 2 N–H and O–H groups in total. The number of carbonyl (C=O) groups excluding carboxylic acids is 1. The van der Waals surface area contributed by atoms with Crippen molar-refractivity contribution in [2.75, 3.05) is 24.3 Å². The Labute approximate surface area is 88.6 Å². The standard InChI is InChI=1S/C11H14N2O2/c1-15-8-5-9-10(12-6-8)3-2-4-11(9)13-7-14/h2-4,7-8,12H,5-6H2,1H3,(H,13,14). The first kappa shape index (κ1) is 9.98. The van der Waals surface area contributed by atoms with Gasteiger partial charge in [-0.15, -0.1) is 0 Å². The van der Waals surface area contributed by atoms with Crippen LogP contribution in [-0.2, 0) is 16.0 Å². The van der Waals surface area contributed by atoms with E-state index in [2.05, 4.69) is 10.6 Å². The number of nitrogens with one attached hydrogen (secondary N) is 2. The van der Waals surface area contributed by atoms with Gasteiger partial charge in [0, 0.05) is 37.0 Å². The number of benzene rings is 1. The zero-order valence-electron chi connectivity index (χ0n) is 8.62. The van der Waals surface area contributed by atoms with Gasteiger partial charge in [0.25, 0.3) is 0 Å². The molecule has 1 aromatic rings. The zero-order chi connectivity index (χ0) is 10.7. The molecule has 0 aliphatic carbocycles. The summed E-state index contributed by atoms with van der Waals surface area (Å²) in [6, 6.07) is 5.83. The van der Waals surface area contributed by atoms with Crippen LogP contribution in [0.2, 0.25) is 0 Å². The quantitative estimate of drug-likeness (QED) is 0.731. The highest BCUT2D eigenvalue weighted by Crippen LogP contribution is 2.29. The molecule has 1 atom stereocenters. The molecule has 1 heterocycles. The number of rotatable bonds is 3. The van der Waals surface area contributed by atoms with Crippen LogP contribution in [0, 0.1) is 0 Å². The lowest BCUT2D eigenvalue weighted by atomic mass is 9.99. The second-order valence-electron chi connectivity index (χ2n) is 3.54. The number of hydrogen-bond donors (Lipinski definition) is 2. The number of ether oxygens (including phenoxy) is 1. The van der Waals surface area contributed by atoms with Crippen LogP contribution in [0.25, 0.3) is 0 Å². The largest absolute Gasteiger partial charge is 0.382 e. The van der Waals surface area contributed by atoms with Gasteiger partial charge in [0.15, 0.2) is 0 Å². The molecule has 1 aliphatic rings. The summed E-state index contributed by atoms with van der Waals surface area (Å²) in [6.45, 7) is 0.814. The molecule has 15 heavy (non-hydrogen) atoms. The van der Waals surface area contributed by atoms with E-state index < -0.39 is 0 Å². The molecule has 0 saturated carbocycles. The lowest BCUT2D eigenvalue weighted by Crippen LogP contribution is -2.30. The molecular formula is C11H14N2O2. The number of carbonyl (C=O) groups is 1. The van der Waals surface area contributed by atoms with E-state index in [1.807, 2.05) is 18.2 Å². The molecule has 1 amide bonds. The summed E-state index contributed by atoms with van der Waals surface area (Å²) in [6.07, 6.45) is 1.70. The van der Waals surface area contributed by atoms with Gasteiger partial charge in [0.05, 0.1) is 6.10 Å². The highest BCUT2D eigenvalue weighted by Gasteiger charge is 2.19. The lowest BCUT2D eigenvalue weighted by molar-refractivity contribution is -0.105. The first-order valence-electron chi connectivity index (χ1n) is 4.94. The van der Waals surface area contributed by atoms with Gasteiger partial charge in [-0.3, -0.25) is 4.79 Å². The van der Waals surface area contributed by atoms with E-state index in [1.165, 1.54) is 0 Å². The van der Waals surface area contributed by atoms with E-state index in [0.29, 0.717) is 6.41 Å². The average molecular weight is 206 g/mol. The summed E-state index contributed by atoms with van der Waals surface area (Å²) < 4.78 is 5.30. The van der Waals surface area contributed by atoms with E-state index >= 15 is 0 Å². The second-order valence-corrected chi connectivity index (χ2v) is 3.54. The van der Waals surface area contributed by atoms with Gasteiger partial charge in [-0.25, -0.2) is 0 Å². The summed E-state index contributed by atoms with van der Waals surface area (Å²) in [5.41, 5.74) is 3.05. The topological polar surface area (TPSA) is 50.4 Å². The van der Waals surface area contributed by atoms with Crippen LogP contribution in [0.15, 0.2) is 18.2 Å². The smallest absolute Gasteiger partial charge is 0.211 e. The third-order valence-electron chi connectivity index (χ3n) is 2.68. The Morgan fingerprint density at radius 2 is 2.47 bits per heavy atom. The molecule has 0 aromatic heterocycles. The normalized spacial score (nSPS) is 18.9. The Morgan fingerprint density at radius 1 is 1.60 bits per heavy atom. The van der Waals surface area contributed by atoms with Gasteiger partial charge in [0.1, 0.15) is 0 Å². The minimum absolute atomic E-state index is 0.173. The van der Waals surface area contributed by atoms with Crippen LogP contribution in [0.3, 0.4) is 0 Å². The predicted molar refractivity (Wildman–Crippen MR) is 59.1 cm³/mol. The maximum absolute atomic E-state index is 10.4. The SMILES string of the molecule is COC1CNc2cccc(NC=O)c2C1. The number of amides is 1. The van der Waals surface area contributed by atoms with Gasteiger partial charge in [0.2, 0.25) is 6.41 Å². The molecule has 0 bridgehead atoms. The summed E-state index contributed by atoms with van der Waals surface area (Å²) in [7, 11) is 1.70. The third-order valence-corrected chi connectivity index (χ3v) is 2.68. The number of fused-ring (bicyclic) bond motifs is 1. The molecule has 1 aromatic carbocycles. The Hall–Kier alpha value is -1.55. The van der Waals surface area contributed by atoms with Gasteiger partial charge >= 0.3 is 0 Å². The van der Waals surface area contributed by atoms with Crippen molar-refractivity contribution in [3.8, 4) is 0 Å². The van der Waals surface area contributed by atoms with Crippen molar-refractivity contribution in [1.29, 1.82) is 0 Å². The van der Waals surface area contributed by atoms with E-state index in [-0.39, 0.29) is 6.10 Å². The van der Waals surface area contributed by atoms with E-state index in [0.717, 1.165) is 29.9 Å². The summed E-state index contributed by atoms with van der Waals surface area (Å²) in [5, 5.41) is 5.99. The molecule has 4 nitrogen and oxygen atoms in total. The Morgan fingerprint density at radius 3 is 3.20 bits per heavy atom. The van der Waals surface area contributed by atoms with E-state index in [1.54, 1.807) is 7.11 Å². The molecule has 2 rings (SSSR count). The minimum atomic E-state index is 0.173. The Bertz CT molecular complexity index is 366. The molecule has 0 fully saturated rings. The lowest BCUT2D eigenvalue weighted by Gasteiger charge is -2.26. The van der Waals surface area contributed by atoms with Gasteiger partial charge in [-0.05, 0) is 12.1 Å². The third kappa shape index (κ3) is 1.94. The molecule has 0 spiro atoms. The van der Waals surface area contributed by atoms with Crippen molar-refractivity contribution in [3.63, 3.8) is 0 Å². The monoisotopic (exact) mass is 206 g/mol. The van der Waals surface area contributed by atoms with Crippen LogP contribution in [0.4, 0.5) is 11.4 Å². The second kappa shape index (κ2) is 4.31. The van der Waals surface area contributed by atoms with Crippen LogP contribution < -0.4 is 10.6 Å². The number of methoxy groups -OCH3 is 1. The first-order chi connectivity index (χ1) is 7.35. The number of hydrogen-bond acceptors (Lipinski definition) is 3. The molecule has 0 saturated heterocycles. The van der Waals surface area contributed by atoms with Crippen LogP contribution in [0.5, 0.6) is 0 Å². The molecular weight excluding hydrogens is 192 g/mol. The van der Waals surface area contributed by atoms with Crippen molar-refractivity contribution < 1.29 is 9.53 Å². The highest BCUT2D eigenvalue weighted by molar-refractivity contribution is 5.78. The Balaban J connectivity index is 2.31. The maximum Gasteiger partial charge on any atom is 0.211 e. The fourth-order valence-corrected chi connectivity index (χ4v) is 1.86. The average Bonchev–Trinajstić information content (AvgIpc) is 2.29. The summed E-state index contributed by atoms with van der Waals surface area (Å²) in [4.78, 5) is 10.4. The van der Waals surface area contributed by atoms with E-state index in [4.69, 9.17) is 4.74 Å². The van der Waals surface area contributed by atoms with Gasteiger partial charge < -0.3 is 15.4 Å². The zero-order valence-corrected chi connectivity index (χ0v) is 8.62. The molecule has 1 aliphatic heterocycles. The first-order valence-corrected chi connectivity index (χ1v) is 4.94. The van der Waals surface area contributed by atoms with E-state index in [9.17, 15) is 4.79 Å². The summed E-state index contributed by atoms with van der Waals surface area (Å²) in [5.74, 6) is 0. The molecule has 80 valence electrons. The minimum Gasteiger partial charge on any atom is -0.382 e. The Kier molecular flexibility index (Phi) is 2.87.